The van der Waals surface area contributed by atoms with Crippen LogP contribution in [0.15, 0.2) is 42.5 Å². The van der Waals surface area contributed by atoms with Crippen molar-refractivity contribution in [2.45, 2.75) is 102 Å². The van der Waals surface area contributed by atoms with Crippen molar-refractivity contribution in [2.75, 3.05) is 25.5 Å². The quantitative estimate of drug-likeness (QED) is 0.200. The van der Waals surface area contributed by atoms with E-state index in [4.69, 9.17) is 4.74 Å². The Hall–Kier alpha value is -6.06. The van der Waals surface area contributed by atoms with Crippen molar-refractivity contribution in [1.29, 1.82) is 0 Å². The molecule has 332 valence electrons. The minimum absolute atomic E-state index is 0.0700. The predicted octanol–water partition coefficient (Wildman–Crippen LogP) is 1.58. The zero-order valence-corrected chi connectivity index (χ0v) is 33.6. The topological polar surface area (TPSA) is 216 Å². The van der Waals surface area contributed by atoms with E-state index in [1.807, 2.05) is 0 Å². The molecule has 9 unspecified atom stereocenters. The highest BCUT2D eigenvalue weighted by Crippen LogP contribution is 2.28. The fourth-order valence-corrected chi connectivity index (χ4v) is 7.43. The maximum atomic E-state index is 14.6. The standard InChI is InChI=1S/C39H46F5N7O10/c1-18-10-30-37(58)60-21(4)31(36(57)51-17-26(52)15-29(51)35(56)49(5)20(3)32(53)45-19(2)34(55)50(30)16-18)48-33(54)28(13-22-11-23(40)14-24(41)12-22)47-38(59)46-25-6-8-27(9-7-25)61-39(42,43)44/h6-9,11-12,14,18-21,26,28-31,52H,10,13,15-17H2,1-5H3,(H,45,53)(H,48,54)(H2,46,47,59). The van der Waals surface area contributed by atoms with Crippen LogP contribution in [0.4, 0.5) is 32.4 Å². The van der Waals surface area contributed by atoms with E-state index >= 15 is 0 Å². The second kappa shape index (κ2) is 18.7. The van der Waals surface area contributed by atoms with E-state index in [1.54, 1.807) is 6.92 Å². The molecule has 3 fully saturated rings. The molecule has 0 aromatic heterocycles. The summed E-state index contributed by atoms with van der Waals surface area (Å²) in [7, 11) is 1.29. The molecule has 17 nitrogen and oxygen atoms in total. The van der Waals surface area contributed by atoms with Gasteiger partial charge in [-0.1, -0.05) is 6.92 Å². The summed E-state index contributed by atoms with van der Waals surface area (Å²) < 4.78 is 76.1. The third-order valence-electron chi connectivity index (χ3n) is 10.6. The fraction of sp³-hybridized carbons (Fsp3) is 0.513. The molecule has 0 saturated carbocycles. The smallest absolute Gasteiger partial charge is 0.458 e. The van der Waals surface area contributed by atoms with Gasteiger partial charge >= 0.3 is 18.4 Å². The second-order valence-electron chi connectivity index (χ2n) is 15.4. The molecule has 2 aromatic rings. The fourth-order valence-electron chi connectivity index (χ4n) is 7.43. The van der Waals surface area contributed by atoms with Crippen LogP contribution in [-0.2, 0) is 39.9 Å². The van der Waals surface area contributed by atoms with Crippen LogP contribution in [-0.4, -0.2) is 136 Å². The third-order valence-corrected chi connectivity index (χ3v) is 10.6. The molecule has 0 aliphatic carbocycles. The third kappa shape index (κ3) is 11.4. The van der Waals surface area contributed by atoms with Crippen LogP contribution in [0.5, 0.6) is 5.75 Å². The number of nitrogens with one attached hydrogen (secondary N) is 4. The molecular formula is C39H46F5N7O10. The first-order chi connectivity index (χ1) is 28.5. The molecule has 22 heteroatoms. The van der Waals surface area contributed by atoms with Gasteiger partial charge in [-0.25, -0.2) is 18.4 Å². The lowest BCUT2D eigenvalue weighted by Gasteiger charge is -2.36. The van der Waals surface area contributed by atoms with Crippen LogP contribution in [0.3, 0.4) is 0 Å². The molecule has 0 bridgehead atoms. The largest absolute Gasteiger partial charge is 0.573 e. The van der Waals surface area contributed by atoms with Crippen LogP contribution in [0.1, 0.15) is 46.1 Å². The zero-order valence-electron chi connectivity index (χ0n) is 33.6. The number of aliphatic hydroxyl groups excluding tert-OH is 1. The van der Waals surface area contributed by atoms with Crippen molar-refractivity contribution in [1.82, 2.24) is 30.7 Å². The SMILES string of the molecule is CC1CC2C(=O)OC(C)C(NC(=O)C(Cc3cc(F)cc(F)c3)NC(=O)Nc3ccc(OC(F)(F)F)cc3)C(=O)N3CC(O)CC3C(=O)N(C)C(C)C(=O)NC(C)C(=O)N2C1. The van der Waals surface area contributed by atoms with Crippen LogP contribution in [0.25, 0.3) is 0 Å². The summed E-state index contributed by atoms with van der Waals surface area (Å²) >= 11 is 0. The molecule has 2 aromatic carbocycles. The van der Waals surface area contributed by atoms with Crippen LogP contribution in [0, 0.1) is 17.6 Å². The number of amides is 7. The van der Waals surface area contributed by atoms with Gasteiger partial charge in [-0.15, -0.1) is 13.2 Å². The Morgan fingerprint density at radius 3 is 2.15 bits per heavy atom. The number of fused-ring (bicyclic) bond motifs is 2. The monoisotopic (exact) mass is 867 g/mol. The number of aliphatic hydroxyl groups is 1. The summed E-state index contributed by atoms with van der Waals surface area (Å²) in [5, 5.41) is 20.3. The maximum absolute atomic E-state index is 14.6. The Morgan fingerprint density at radius 1 is 0.902 bits per heavy atom. The Kier molecular flexibility index (Phi) is 14.1. The molecular weight excluding hydrogens is 821 g/mol. The number of hydrogen-bond acceptors (Lipinski definition) is 10. The summed E-state index contributed by atoms with van der Waals surface area (Å²) in [5.41, 5.74) is -0.210. The number of halogens is 5. The summed E-state index contributed by atoms with van der Waals surface area (Å²) in [6.07, 6.45) is -8.57. The molecule has 0 spiro atoms. The van der Waals surface area contributed by atoms with Crippen molar-refractivity contribution in [3.8, 4) is 5.75 Å². The number of urea groups is 1. The molecule has 3 heterocycles. The highest BCUT2D eigenvalue weighted by atomic mass is 19.4. The summed E-state index contributed by atoms with van der Waals surface area (Å²) in [6.45, 7) is 5.50. The normalized spacial score (nSPS) is 27.1. The number of rotatable bonds is 7. The number of ether oxygens (including phenoxy) is 2. The van der Waals surface area contributed by atoms with Gasteiger partial charge in [-0.2, -0.15) is 0 Å². The van der Waals surface area contributed by atoms with Crippen molar-refractivity contribution in [3.63, 3.8) is 0 Å². The molecule has 3 aliphatic heterocycles. The minimum atomic E-state index is -4.99. The highest BCUT2D eigenvalue weighted by molar-refractivity contribution is 5.98. The van der Waals surface area contributed by atoms with Crippen LogP contribution >= 0.6 is 0 Å². The van der Waals surface area contributed by atoms with Gasteiger partial charge in [-0.3, -0.25) is 24.0 Å². The molecule has 9 atom stereocenters. The summed E-state index contributed by atoms with van der Waals surface area (Å²) in [4.78, 5) is 99.9. The van der Waals surface area contributed by atoms with Gasteiger partial charge in [0.05, 0.1) is 6.10 Å². The van der Waals surface area contributed by atoms with Crippen molar-refractivity contribution >= 4 is 47.2 Å². The number of alkyl halides is 3. The number of nitrogens with zero attached hydrogens (tertiary/aromatic N) is 3. The van der Waals surface area contributed by atoms with E-state index in [0.29, 0.717) is 6.07 Å². The van der Waals surface area contributed by atoms with Gasteiger partial charge < -0.3 is 50.5 Å². The van der Waals surface area contributed by atoms with Gasteiger partial charge in [-0.05, 0) is 75.1 Å². The number of anilines is 1. The lowest BCUT2D eigenvalue weighted by molar-refractivity contribution is -0.274. The first kappa shape index (κ1) is 46.0. The Labute approximate surface area is 346 Å². The van der Waals surface area contributed by atoms with E-state index in [0.717, 1.165) is 46.2 Å². The number of likely N-dealkylation sites (N-methyl/N-ethyl adjacent to an activating group) is 1. The van der Waals surface area contributed by atoms with Crippen molar-refractivity contribution in [3.05, 3.63) is 59.7 Å². The highest BCUT2D eigenvalue weighted by Gasteiger charge is 2.48. The van der Waals surface area contributed by atoms with E-state index in [2.05, 4.69) is 26.0 Å². The van der Waals surface area contributed by atoms with Gasteiger partial charge in [0, 0.05) is 44.7 Å². The number of cyclic esters (lactones) is 1. The molecule has 3 saturated heterocycles. The average molecular weight is 868 g/mol. The van der Waals surface area contributed by atoms with E-state index in [-0.39, 0.29) is 36.6 Å². The second-order valence-corrected chi connectivity index (χ2v) is 15.4. The van der Waals surface area contributed by atoms with Crippen molar-refractivity contribution in [2.24, 2.45) is 5.92 Å². The van der Waals surface area contributed by atoms with Gasteiger partial charge in [0.1, 0.15) is 59.7 Å². The molecule has 5 rings (SSSR count). The number of carbonyl (C=O) groups is 7. The molecule has 7 amide bonds. The van der Waals surface area contributed by atoms with E-state index < -0.39 is 127 Å². The van der Waals surface area contributed by atoms with Gasteiger partial charge in [0.15, 0.2) is 0 Å². The van der Waals surface area contributed by atoms with E-state index in [1.165, 1.54) is 32.7 Å². The Bertz CT molecular complexity index is 2000. The van der Waals surface area contributed by atoms with E-state index in [9.17, 15) is 60.6 Å². The van der Waals surface area contributed by atoms with Gasteiger partial charge in [0.25, 0.3) is 0 Å². The molecule has 5 N–H and O–H groups in total. The lowest BCUT2D eigenvalue weighted by atomic mass is 10.0. The van der Waals surface area contributed by atoms with Crippen LogP contribution < -0.4 is 26.0 Å². The Morgan fingerprint density at radius 2 is 1.52 bits per heavy atom. The first-order valence-electron chi connectivity index (χ1n) is 19.3. The number of hydrogen-bond donors (Lipinski definition) is 5. The molecule has 3 aliphatic rings. The average Bonchev–Trinajstić information content (AvgIpc) is 3.76. The maximum Gasteiger partial charge on any atom is 0.573 e. The lowest BCUT2D eigenvalue weighted by Crippen LogP contribution is -2.62. The predicted molar refractivity (Wildman–Crippen MR) is 202 cm³/mol. The summed E-state index contributed by atoms with van der Waals surface area (Å²) in [5.74, 6) is -8.19. The zero-order chi connectivity index (χ0) is 45.1. The number of esters is 1. The summed E-state index contributed by atoms with van der Waals surface area (Å²) in [6, 6.07) is -3.44. The Balaban J connectivity index is 1.49. The number of carbonyl (C=O) groups excluding carboxylic acids is 7. The first-order valence-corrected chi connectivity index (χ1v) is 19.3. The molecule has 61 heavy (non-hydrogen) atoms. The number of benzene rings is 2. The minimum Gasteiger partial charge on any atom is -0.458 e. The molecule has 0 radical (unpaired) electrons. The van der Waals surface area contributed by atoms with Gasteiger partial charge in [0.2, 0.25) is 29.5 Å². The van der Waals surface area contributed by atoms with Crippen molar-refractivity contribution < 1.29 is 70.1 Å². The van der Waals surface area contributed by atoms with Crippen LogP contribution in [0.2, 0.25) is 0 Å².